The Hall–Kier alpha value is -2.25. The van der Waals surface area contributed by atoms with Crippen molar-refractivity contribution >= 4 is 28.6 Å². The molecule has 2 aromatic carbocycles. The van der Waals surface area contributed by atoms with E-state index in [2.05, 4.69) is 10.3 Å². The van der Waals surface area contributed by atoms with Gasteiger partial charge in [0.25, 0.3) is 0 Å². The van der Waals surface area contributed by atoms with Crippen LogP contribution in [0.15, 0.2) is 54.7 Å². The van der Waals surface area contributed by atoms with Crippen LogP contribution < -0.4 is 10.1 Å². The number of para-hydroxylation sites is 1. The Bertz CT molecular complexity index is 853. The van der Waals surface area contributed by atoms with Gasteiger partial charge in [-0.05, 0) is 30.3 Å². The Morgan fingerprint density at radius 1 is 1.12 bits per heavy atom. The first kappa shape index (κ1) is 17.6. The van der Waals surface area contributed by atoms with Gasteiger partial charge in [-0.2, -0.15) is 13.2 Å². The van der Waals surface area contributed by atoms with Gasteiger partial charge in [-0.25, -0.2) is 4.98 Å². The molecule has 3 rings (SSSR count). The van der Waals surface area contributed by atoms with Crippen LogP contribution in [0.5, 0.6) is 11.5 Å². The fourth-order valence-electron chi connectivity index (χ4n) is 2.12. The average Bonchev–Trinajstić information content (AvgIpc) is 2.99. The molecule has 130 valence electrons. The topological polar surface area (TPSA) is 34.2 Å². The Morgan fingerprint density at radius 2 is 1.88 bits per heavy atom. The maximum atomic E-state index is 13.4. The molecule has 1 heterocycles. The number of thiazole rings is 1. The summed E-state index contributed by atoms with van der Waals surface area (Å²) in [6.45, 7) is 0.334. The van der Waals surface area contributed by atoms with E-state index in [1.165, 1.54) is 23.5 Å². The third-order valence-corrected chi connectivity index (χ3v) is 4.36. The molecule has 25 heavy (non-hydrogen) atoms. The summed E-state index contributed by atoms with van der Waals surface area (Å²) in [5.74, 6) is 0.0955. The van der Waals surface area contributed by atoms with Gasteiger partial charge in [-0.1, -0.05) is 29.8 Å². The molecular weight excluding hydrogens is 373 g/mol. The van der Waals surface area contributed by atoms with E-state index < -0.39 is 11.7 Å². The molecule has 0 amide bonds. The Kier molecular flexibility index (Phi) is 5.15. The zero-order chi connectivity index (χ0) is 17.9. The molecule has 0 atom stereocenters. The monoisotopic (exact) mass is 384 g/mol. The minimum atomic E-state index is -4.53. The standard InChI is InChI=1S/C17H12ClF3N2OS/c18-16-23-10-13(25-16)9-22-11-6-7-15(14(8-11)17(19,20)21)24-12-4-2-1-3-5-12/h1-8,10,22H,9H2. The lowest BCUT2D eigenvalue weighted by Gasteiger charge is -2.15. The van der Waals surface area contributed by atoms with Crippen molar-refractivity contribution in [3.8, 4) is 11.5 Å². The second-order valence-electron chi connectivity index (χ2n) is 5.06. The van der Waals surface area contributed by atoms with Crippen LogP contribution in [0, 0.1) is 0 Å². The summed E-state index contributed by atoms with van der Waals surface area (Å²) in [5.41, 5.74) is -0.513. The fourth-order valence-corrected chi connectivity index (χ4v) is 3.04. The summed E-state index contributed by atoms with van der Waals surface area (Å²) in [4.78, 5) is 4.71. The number of hydrogen-bond acceptors (Lipinski definition) is 4. The van der Waals surface area contributed by atoms with E-state index >= 15 is 0 Å². The number of ether oxygens (including phenoxy) is 1. The molecule has 0 unspecified atom stereocenters. The van der Waals surface area contributed by atoms with Crippen LogP contribution in [0.2, 0.25) is 4.47 Å². The van der Waals surface area contributed by atoms with E-state index in [1.807, 2.05) is 0 Å². The van der Waals surface area contributed by atoms with Crippen molar-refractivity contribution in [1.82, 2.24) is 4.98 Å². The molecule has 0 saturated heterocycles. The number of nitrogens with zero attached hydrogens (tertiary/aromatic N) is 1. The lowest BCUT2D eigenvalue weighted by atomic mass is 10.1. The molecule has 0 aliphatic carbocycles. The molecule has 1 aromatic heterocycles. The third-order valence-electron chi connectivity index (χ3n) is 3.25. The van der Waals surface area contributed by atoms with Crippen molar-refractivity contribution in [2.24, 2.45) is 0 Å². The summed E-state index contributed by atoms with van der Waals surface area (Å²) < 4.78 is 45.9. The van der Waals surface area contributed by atoms with Crippen molar-refractivity contribution in [2.75, 3.05) is 5.32 Å². The molecule has 0 fully saturated rings. The lowest BCUT2D eigenvalue weighted by molar-refractivity contribution is -0.138. The quantitative estimate of drug-likeness (QED) is 0.567. The molecule has 0 radical (unpaired) electrons. The summed E-state index contributed by atoms with van der Waals surface area (Å²) in [6, 6.07) is 12.2. The van der Waals surface area contributed by atoms with Crippen LogP contribution in [-0.4, -0.2) is 4.98 Å². The van der Waals surface area contributed by atoms with Crippen molar-refractivity contribution in [1.29, 1.82) is 0 Å². The third kappa shape index (κ3) is 4.64. The normalized spacial score (nSPS) is 11.4. The highest BCUT2D eigenvalue weighted by atomic mass is 35.5. The van der Waals surface area contributed by atoms with Crippen LogP contribution in [-0.2, 0) is 12.7 Å². The van der Waals surface area contributed by atoms with Gasteiger partial charge in [-0.3, -0.25) is 0 Å². The Morgan fingerprint density at radius 3 is 2.52 bits per heavy atom. The van der Waals surface area contributed by atoms with Gasteiger partial charge in [0.1, 0.15) is 17.1 Å². The Balaban J connectivity index is 1.82. The number of benzene rings is 2. The van der Waals surface area contributed by atoms with Crippen molar-refractivity contribution in [2.45, 2.75) is 12.7 Å². The van der Waals surface area contributed by atoms with Gasteiger partial charge in [0.2, 0.25) is 0 Å². The van der Waals surface area contributed by atoms with Gasteiger partial charge in [0, 0.05) is 16.8 Å². The number of hydrogen-bond donors (Lipinski definition) is 1. The van der Waals surface area contributed by atoms with Crippen molar-refractivity contribution in [3.63, 3.8) is 0 Å². The first-order chi connectivity index (χ1) is 11.9. The molecule has 3 nitrogen and oxygen atoms in total. The maximum Gasteiger partial charge on any atom is 0.420 e. The van der Waals surface area contributed by atoms with Gasteiger partial charge in [0.05, 0.1) is 6.54 Å². The minimum absolute atomic E-state index is 0.245. The first-order valence-electron chi connectivity index (χ1n) is 7.20. The highest BCUT2D eigenvalue weighted by Crippen LogP contribution is 2.39. The number of anilines is 1. The minimum Gasteiger partial charge on any atom is -0.457 e. The number of nitrogens with one attached hydrogen (secondary N) is 1. The van der Waals surface area contributed by atoms with Crippen LogP contribution in [0.4, 0.5) is 18.9 Å². The number of rotatable bonds is 5. The molecule has 0 aliphatic heterocycles. The number of aromatic nitrogens is 1. The highest BCUT2D eigenvalue weighted by molar-refractivity contribution is 7.15. The van der Waals surface area contributed by atoms with E-state index in [1.54, 1.807) is 36.5 Å². The second kappa shape index (κ2) is 7.33. The van der Waals surface area contributed by atoms with E-state index in [-0.39, 0.29) is 5.75 Å². The molecule has 1 N–H and O–H groups in total. The highest BCUT2D eigenvalue weighted by Gasteiger charge is 2.35. The molecule has 8 heteroatoms. The predicted molar refractivity (Wildman–Crippen MR) is 92.4 cm³/mol. The second-order valence-corrected chi connectivity index (χ2v) is 6.75. The first-order valence-corrected chi connectivity index (χ1v) is 8.39. The molecular formula is C17H12ClF3N2OS. The molecule has 0 aliphatic rings. The van der Waals surface area contributed by atoms with Crippen molar-refractivity contribution < 1.29 is 17.9 Å². The fraction of sp³-hybridized carbons (Fsp3) is 0.118. The van der Waals surface area contributed by atoms with E-state index in [4.69, 9.17) is 16.3 Å². The number of halogens is 4. The summed E-state index contributed by atoms with van der Waals surface area (Å²) in [5, 5.41) is 2.93. The van der Waals surface area contributed by atoms with Gasteiger partial charge >= 0.3 is 6.18 Å². The maximum absolute atomic E-state index is 13.4. The molecule has 0 spiro atoms. The zero-order valence-electron chi connectivity index (χ0n) is 12.7. The van der Waals surface area contributed by atoms with Gasteiger partial charge in [-0.15, -0.1) is 11.3 Å². The largest absolute Gasteiger partial charge is 0.457 e. The number of alkyl halides is 3. The van der Waals surface area contributed by atoms with E-state index in [0.29, 0.717) is 22.4 Å². The smallest absolute Gasteiger partial charge is 0.420 e. The van der Waals surface area contributed by atoms with Crippen LogP contribution in [0.1, 0.15) is 10.4 Å². The summed E-state index contributed by atoms with van der Waals surface area (Å²) >= 11 is 7.01. The Labute approximate surface area is 151 Å². The van der Waals surface area contributed by atoms with Gasteiger partial charge in [0.15, 0.2) is 4.47 Å². The SMILES string of the molecule is FC(F)(F)c1cc(NCc2cnc(Cl)s2)ccc1Oc1ccccc1. The van der Waals surface area contributed by atoms with Crippen LogP contribution in [0.3, 0.4) is 0 Å². The van der Waals surface area contributed by atoms with Gasteiger partial charge < -0.3 is 10.1 Å². The molecule has 0 saturated carbocycles. The van der Waals surface area contributed by atoms with Crippen LogP contribution in [0.25, 0.3) is 0 Å². The van der Waals surface area contributed by atoms with E-state index in [9.17, 15) is 13.2 Å². The van der Waals surface area contributed by atoms with Crippen molar-refractivity contribution in [3.05, 3.63) is 69.6 Å². The van der Waals surface area contributed by atoms with E-state index in [0.717, 1.165) is 10.9 Å². The molecule has 3 aromatic rings. The summed E-state index contributed by atoms with van der Waals surface area (Å²) in [7, 11) is 0. The molecule has 0 bridgehead atoms. The average molecular weight is 385 g/mol. The summed E-state index contributed by atoms with van der Waals surface area (Å²) in [6.07, 6.45) is -2.95. The predicted octanol–water partition coefficient (Wildman–Crippen LogP) is 6.22. The lowest BCUT2D eigenvalue weighted by Crippen LogP contribution is -2.08. The zero-order valence-corrected chi connectivity index (χ0v) is 14.3. The van der Waals surface area contributed by atoms with Crippen LogP contribution >= 0.6 is 22.9 Å².